The summed E-state index contributed by atoms with van der Waals surface area (Å²) in [6, 6.07) is 24.7. The van der Waals surface area contributed by atoms with Gasteiger partial charge in [-0.3, -0.25) is 24.0 Å². The minimum Gasteiger partial charge on any atom is -0.507 e. The summed E-state index contributed by atoms with van der Waals surface area (Å²) in [6.45, 7) is 12.1. The van der Waals surface area contributed by atoms with Crippen molar-refractivity contribution in [1.82, 2.24) is 24.9 Å². The summed E-state index contributed by atoms with van der Waals surface area (Å²) in [6.07, 6.45) is 5.41. The van der Waals surface area contributed by atoms with E-state index in [1.807, 2.05) is 51.2 Å². The maximum Gasteiger partial charge on any atom is 0.264 e. The second-order valence-corrected chi connectivity index (χ2v) is 17.2. The maximum atomic E-state index is 13.4. The predicted octanol–water partition coefficient (Wildman–Crippen LogP) is 8.27. The predicted molar refractivity (Wildman–Crippen MR) is 245 cm³/mol. The van der Waals surface area contributed by atoms with Crippen molar-refractivity contribution in [1.29, 1.82) is 0 Å². The summed E-state index contributed by atoms with van der Waals surface area (Å²) in [5.41, 5.74) is 9.22. The Morgan fingerprint density at radius 1 is 0.905 bits per heavy atom. The van der Waals surface area contributed by atoms with E-state index in [0.29, 0.717) is 60.1 Å². The fourth-order valence-electron chi connectivity index (χ4n) is 8.98. The summed E-state index contributed by atoms with van der Waals surface area (Å²) in [4.78, 5) is 42.7. The number of ether oxygens (including phenoxy) is 2. The van der Waals surface area contributed by atoms with Crippen LogP contribution in [0.3, 0.4) is 0 Å². The van der Waals surface area contributed by atoms with Gasteiger partial charge in [-0.25, -0.2) is 0 Å². The van der Waals surface area contributed by atoms with E-state index in [2.05, 4.69) is 57.5 Å². The summed E-state index contributed by atoms with van der Waals surface area (Å²) >= 11 is 6.39. The summed E-state index contributed by atoms with van der Waals surface area (Å²) in [7, 11) is 1.89. The quantitative estimate of drug-likeness (QED) is 0.0661. The van der Waals surface area contributed by atoms with Crippen LogP contribution in [0.15, 0.2) is 91.1 Å². The van der Waals surface area contributed by atoms with E-state index < -0.39 is 17.9 Å². The Kier molecular flexibility index (Phi) is 13.3. The first kappa shape index (κ1) is 43.7. The number of benzene rings is 4. The van der Waals surface area contributed by atoms with Crippen molar-refractivity contribution >= 4 is 35.0 Å². The number of aromatic nitrogens is 2. The standard InChI is InChI=1S/C50H55ClN6O6/c1-31-29-36(15-19-41(31)51)45-35(14-18-39(47(45)58)44-30-33(3)54-55(44)4)13-10-34-11-16-37(17-12-34)63-38-21-25-56(26-22-38)24-6-27-62-28-23-52-42-8-5-7-40-46(42)50(61)57(49(40)60)43-20-9-32(2)53-48(43)59/h5,7-8,11-12,14-19,29-30,38,43,52,58H,2,6,9-10,13,20-28H2,1,3-4H3,(H,53,59). The number of nitrogens with zero attached hydrogens (tertiary/aromatic N) is 4. The lowest BCUT2D eigenvalue weighted by Crippen LogP contribution is -2.51. The number of aryl methyl sites for hydroxylation is 5. The van der Waals surface area contributed by atoms with Crippen molar-refractivity contribution < 1.29 is 29.0 Å². The molecule has 328 valence electrons. The molecule has 2 fully saturated rings. The number of aromatic hydroxyl groups is 1. The number of carbonyl (C=O) groups is 3. The second kappa shape index (κ2) is 19.2. The lowest BCUT2D eigenvalue weighted by molar-refractivity contribution is -0.125. The Morgan fingerprint density at radius 2 is 1.70 bits per heavy atom. The number of hydrogen-bond donors (Lipinski definition) is 3. The van der Waals surface area contributed by atoms with Crippen molar-refractivity contribution in [2.75, 3.05) is 44.7 Å². The van der Waals surface area contributed by atoms with Gasteiger partial charge < -0.3 is 30.1 Å². The minimum absolute atomic E-state index is 0.165. The van der Waals surface area contributed by atoms with E-state index in [4.69, 9.17) is 21.1 Å². The van der Waals surface area contributed by atoms with Gasteiger partial charge in [-0.05, 0) is 130 Å². The van der Waals surface area contributed by atoms with Gasteiger partial charge in [0.15, 0.2) is 0 Å². The highest BCUT2D eigenvalue weighted by Crippen LogP contribution is 2.42. The van der Waals surface area contributed by atoms with Gasteiger partial charge in [0.25, 0.3) is 11.8 Å². The van der Waals surface area contributed by atoms with Gasteiger partial charge in [0.1, 0.15) is 23.6 Å². The third-order valence-electron chi connectivity index (χ3n) is 12.3. The number of likely N-dealkylation sites (tertiary alicyclic amines) is 1. The van der Waals surface area contributed by atoms with Crippen LogP contribution in [-0.4, -0.2) is 93.9 Å². The van der Waals surface area contributed by atoms with E-state index >= 15 is 0 Å². The molecule has 3 aliphatic heterocycles. The van der Waals surface area contributed by atoms with E-state index in [0.717, 1.165) is 102 Å². The van der Waals surface area contributed by atoms with Crippen molar-refractivity contribution in [3.63, 3.8) is 0 Å². The number of phenolic OH excluding ortho intramolecular Hbond substituents is 1. The van der Waals surface area contributed by atoms with E-state index in [1.165, 1.54) is 5.56 Å². The molecule has 12 nitrogen and oxygen atoms in total. The fourth-order valence-corrected chi connectivity index (χ4v) is 9.10. The van der Waals surface area contributed by atoms with Crippen LogP contribution < -0.4 is 15.4 Å². The molecule has 3 amide bonds. The van der Waals surface area contributed by atoms with Gasteiger partial charge in [0, 0.05) is 67.4 Å². The minimum atomic E-state index is -0.842. The number of carbonyl (C=O) groups excluding carboxylic acids is 3. The highest BCUT2D eigenvalue weighted by atomic mass is 35.5. The Bertz CT molecular complexity index is 2530. The van der Waals surface area contributed by atoms with Crippen LogP contribution in [0.1, 0.15) is 75.2 Å². The molecule has 4 aromatic carbocycles. The number of hydrogen-bond acceptors (Lipinski definition) is 9. The van der Waals surface area contributed by atoms with Crippen LogP contribution in [0.4, 0.5) is 5.69 Å². The molecular formula is C50H55ClN6O6. The van der Waals surface area contributed by atoms with Gasteiger partial charge in [-0.15, -0.1) is 0 Å². The van der Waals surface area contributed by atoms with Crippen LogP contribution in [0.2, 0.25) is 5.02 Å². The first-order valence-corrected chi connectivity index (χ1v) is 22.2. The smallest absolute Gasteiger partial charge is 0.264 e. The number of amides is 3. The van der Waals surface area contributed by atoms with Crippen molar-refractivity contribution in [3.05, 3.63) is 130 Å². The number of rotatable bonds is 16. The Hall–Kier alpha value is -5.95. The Balaban J connectivity index is 0.759. The number of imide groups is 1. The second-order valence-electron chi connectivity index (χ2n) is 16.8. The van der Waals surface area contributed by atoms with Crippen LogP contribution in [0.5, 0.6) is 11.5 Å². The molecule has 2 saturated heterocycles. The number of fused-ring (bicyclic) bond motifs is 1. The number of allylic oxidation sites excluding steroid dienone is 1. The largest absolute Gasteiger partial charge is 0.507 e. The zero-order valence-electron chi connectivity index (χ0n) is 36.2. The third kappa shape index (κ3) is 9.68. The van der Waals surface area contributed by atoms with Crippen LogP contribution in [0, 0.1) is 13.8 Å². The molecular weight excluding hydrogens is 816 g/mol. The Labute approximate surface area is 373 Å². The topological polar surface area (TPSA) is 138 Å². The molecule has 13 heteroatoms. The first-order chi connectivity index (χ1) is 30.4. The summed E-state index contributed by atoms with van der Waals surface area (Å²) in [5.74, 6) is -0.162. The van der Waals surface area contributed by atoms with Gasteiger partial charge in [-0.1, -0.05) is 48.5 Å². The van der Waals surface area contributed by atoms with Gasteiger partial charge in [-0.2, -0.15) is 5.10 Å². The number of phenols is 1. The summed E-state index contributed by atoms with van der Waals surface area (Å²) in [5, 5.41) is 22.9. The van der Waals surface area contributed by atoms with Crippen molar-refractivity contribution in [2.24, 2.45) is 7.05 Å². The van der Waals surface area contributed by atoms with Crippen LogP contribution in [-0.2, 0) is 29.4 Å². The molecule has 3 N–H and O–H groups in total. The molecule has 0 radical (unpaired) electrons. The lowest BCUT2D eigenvalue weighted by Gasteiger charge is -2.32. The van der Waals surface area contributed by atoms with Gasteiger partial charge >= 0.3 is 0 Å². The van der Waals surface area contributed by atoms with Crippen molar-refractivity contribution in [2.45, 2.75) is 70.9 Å². The van der Waals surface area contributed by atoms with Crippen LogP contribution in [0.25, 0.3) is 22.4 Å². The number of halogens is 1. The molecule has 0 saturated carbocycles. The SMILES string of the molecule is C=C1CCC(N2C(=O)c3cccc(NCCOCCCN4CCC(Oc5ccc(CCc6ccc(-c7cc(C)nn7C)c(O)c6-c6ccc(Cl)c(C)c6)cc5)CC4)c3C2=O)C(=O)N1. The number of anilines is 1. The average Bonchev–Trinajstić information content (AvgIpc) is 3.74. The molecule has 1 atom stereocenters. The van der Waals surface area contributed by atoms with Gasteiger partial charge in [0.05, 0.1) is 29.1 Å². The molecule has 0 spiro atoms. The molecule has 8 rings (SSSR count). The molecule has 63 heavy (non-hydrogen) atoms. The average molecular weight is 871 g/mol. The van der Waals surface area contributed by atoms with E-state index in [9.17, 15) is 19.5 Å². The molecule has 0 aliphatic carbocycles. The number of nitrogens with one attached hydrogen (secondary N) is 2. The molecule has 1 aromatic heterocycles. The van der Waals surface area contributed by atoms with E-state index in [1.54, 1.807) is 22.9 Å². The van der Waals surface area contributed by atoms with Gasteiger partial charge in [0.2, 0.25) is 5.91 Å². The zero-order chi connectivity index (χ0) is 44.2. The summed E-state index contributed by atoms with van der Waals surface area (Å²) < 4.78 is 14.1. The molecule has 0 bridgehead atoms. The normalized spacial score (nSPS) is 17.0. The van der Waals surface area contributed by atoms with E-state index in [-0.39, 0.29) is 17.8 Å². The maximum absolute atomic E-state index is 13.4. The molecule has 3 aliphatic rings. The zero-order valence-corrected chi connectivity index (χ0v) is 37.0. The molecule has 4 heterocycles. The fraction of sp³-hybridized carbons (Fsp3) is 0.360. The monoisotopic (exact) mass is 870 g/mol. The highest BCUT2D eigenvalue weighted by Gasteiger charge is 2.45. The highest BCUT2D eigenvalue weighted by molar-refractivity contribution is 6.31. The van der Waals surface area contributed by atoms with Crippen molar-refractivity contribution in [3.8, 4) is 33.9 Å². The molecule has 5 aromatic rings. The third-order valence-corrected chi connectivity index (χ3v) is 12.8. The lowest BCUT2D eigenvalue weighted by atomic mass is 9.90. The Morgan fingerprint density at radius 3 is 2.43 bits per heavy atom. The van der Waals surface area contributed by atoms with Crippen LogP contribution >= 0.6 is 11.6 Å². The first-order valence-electron chi connectivity index (χ1n) is 21.9. The molecule has 1 unspecified atom stereocenters. The number of piperidine rings is 2.